The standard InChI is InChI=1S/C20H20ClN7O/c1-14-10-17(4-5-18(14)21)26-6-8-27(9-7-26)20(29)13-28-19-11-16(24-25-22)3-2-15(19)12-23-28/h2-5,10-12H,6-9,13H2,1H3. The Balaban J connectivity index is 1.42. The SMILES string of the molecule is Cc1cc(N2CCN(C(=O)Cn3ncc4ccc(N=[N+]=[N-])cc43)CC2)ccc1Cl. The number of halogens is 1. The summed E-state index contributed by atoms with van der Waals surface area (Å²) in [5.74, 6) is 0.0242. The zero-order valence-electron chi connectivity index (χ0n) is 16.0. The third kappa shape index (κ3) is 3.99. The molecule has 0 radical (unpaired) electrons. The molecule has 0 saturated carbocycles. The largest absolute Gasteiger partial charge is 0.368 e. The summed E-state index contributed by atoms with van der Waals surface area (Å²) in [5.41, 5.74) is 12.1. The minimum Gasteiger partial charge on any atom is -0.368 e. The van der Waals surface area contributed by atoms with Gasteiger partial charge in [-0.15, -0.1) is 0 Å². The molecule has 1 aliphatic heterocycles. The number of azide groups is 1. The molecule has 0 spiro atoms. The third-order valence-corrected chi connectivity index (χ3v) is 5.64. The molecule has 29 heavy (non-hydrogen) atoms. The molecule has 8 nitrogen and oxygen atoms in total. The molecule has 0 N–H and O–H groups in total. The Hall–Kier alpha value is -3.22. The van der Waals surface area contributed by atoms with Crippen LogP contribution < -0.4 is 4.90 Å². The van der Waals surface area contributed by atoms with Gasteiger partial charge in [-0.05, 0) is 42.3 Å². The Labute approximate surface area is 172 Å². The van der Waals surface area contributed by atoms with E-state index in [1.54, 1.807) is 23.0 Å². The second-order valence-corrected chi connectivity index (χ2v) is 7.44. The second kappa shape index (κ2) is 8.03. The number of piperazine rings is 1. The number of carbonyl (C=O) groups excluding carboxylic acids is 1. The van der Waals surface area contributed by atoms with Crippen LogP contribution in [0.3, 0.4) is 0 Å². The van der Waals surface area contributed by atoms with Crippen molar-refractivity contribution in [3.8, 4) is 0 Å². The van der Waals surface area contributed by atoms with Crippen molar-refractivity contribution in [2.75, 3.05) is 31.1 Å². The van der Waals surface area contributed by atoms with Crippen LogP contribution in [-0.4, -0.2) is 46.8 Å². The summed E-state index contributed by atoms with van der Waals surface area (Å²) in [4.78, 5) is 19.8. The van der Waals surface area contributed by atoms with Crippen LogP contribution in [0, 0.1) is 6.92 Å². The van der Waals surface area contributed by atoms with E-state index >= 15 is 0 Å². The Kier molecular flexibility index (Phi) is 5.29. The number of amides is 1. The first-order valence-electron chi connectivity index (χ1n) is 9.35. The summed E-state index contributed by atoms with van der Waals surface area (Å²) in [5, 5.41) is 9.61. The molecule has 2 aromatic carbocycles. The number of carbonyl (C=O) groups is 1. The molecule has 0 atom stereocenters. The van der Waals surface area contributed by atoms with E-state index in [9.17, 15) is 4.79 Å². The lowest BCUT2D eigenvalue weighted by molar-refractivity contribution is -0.132. The maximum absolute atomic E-state index is 12.8. The van der Waals surface area contributed by atoms with Crippen molar-refractivity contribution in [3.63, 3.8) is 0 Å². The molecule has 1 fully saturated rings. The van der Waals surface area contributed by atoms with E-state index in [0.29, 0.717) is 18.8 Å². The van der Waals surface area contributed by atoms with Gasteiger partial charge < -0.3 is 9.80 Å². The highest BCUT2D eigenvalue weighted by atomic mass is 35.5. The number of hydrogen-bond acceptors (Lipinski definition) is 4. The van der Waals surface area contributed by atoms with E-state index in [1.165, 1.54) is 0 Å². The van der Waals surface area contributed by atoms with Crippen molar-refractivity contribution in [3.05, 3.63) is 63.6 Å². The number of anilines is 1. The van der Waals surface area contributed by atoms with Crippen LogP contribution in [-0.2, 0) is 11.3 Å². The summed E-state index contributed by atoms with van der Waals surface area (Å²) in [6, 6.07) is 11.3. The zero-order chi connectivity index (χ0) is 20.4. The number of aromatic nitrogens is 2. The highest BCUT2D eigenvalue weighted by Gasteiger charge is 2.22. The fraction of sp³-hybridized carbons (Fsp3) is 0.300. The molecule has 4 rings (SSSR count). The lowest BCUT2D eigenvalue weighted by Crippen LogP contribution is -2.49. The maximum atomic E-state index is 12.8. The van der Waals surface area contributed by atoms with Crippen LogP contribution in [0.4, 0.5) is 11.4 Å². The summed E-state index contributed by atoms with van der Waals surface area (Å²) in [6.45, 7) is 5.01. The minimum absolute atomic E-state index is 0.0242. The van der Waals surface area contributed by atoms with Crippen LogP contribution in [0.15, 0.2) is 47.7 Å². The Bertz CT molecular complexity index is 1110. The molecule has 0 bridgehead atoms. The minimum atomic E-state index is 0.0242. The van der Waals surface area contributed by atoms with E-state index in [0.717, 1.165) is 40.3 Å². The van der Waals surface area contributed by atoms with Crippen LogP contribution in [0.25, 0.3) is 21.3 Å². The van der Waals surface area contributed by atoms with Crippen LogP contribution in [0.2, 0.25) is 5.02 Å². The Morgan fingerprint density at radius 3 is 2.72 bits per heavy atom. The zero-order valence-corrected chi connectivity index (χ0v) is 16.7. The first-order chi connectivity index (χ1) is 14.0. The summed E-state index contributed by atoms with van der Waals surface area (Å²) in [7, 11) is 0. The number of benzene rings is 2. The predicted molar refractivity (Wildman–Crippen MR) is 114 cm³/mol. The second-order valence-electron chi connectivity index (χ2n) is 7.04. The first kappa shape index (κ1) is 19.1. The lowest BCUT2D eigenvalue weighted by atomic mass is 10.2. The average molecular weight is 410 g/mol. The van der Waals surface area contributed by atoms with Gasteiger partial charge >= 0.3 is 0 Å². The van der Waals surface area contributed by atoms with Gasteiger partial charge in [0.15, 0.2) is 0 Å². The van der Waals surface area contributed by atoms with Crippen molar-refractivity contribution in [1.82, 2.24) is 14.7 Å². The van der Waals surface area contributed by atoms with Gasteiger partial charge in [-0.3, -0.25) is 9.48 Å². The molecule has 2 heterocycles. The Morgan fingerprint density at radius 2 is 2.00 bits per heavy atom. The molecule has 1 aliphatic rings. The first-order valence-corrected chi connectivity index (χ1v) is 9.72. The maximum Gasteiger partial charge on any atom is 0.244 e. The normalized spacial score (nSPS) is 14.1. The highest BCUT2D eigenvalue weighted by molar-refractivity contribution is 6.31. The average Bonchev–Trinajstić information content (AvgIpc) is 3.12. The lowest BCUT2D eigenvalue weighted by Gasteiger charge is -2.36. The van der Waals surface area contributed by atoms with Crippen LogP contribution >= 0.6 is 11.6 Å². The van der Waals surface area contributed by atoms with E-state index < -0.39 is 0 Å². The van der Waals surface area contributed by atoms with E-state index in [2.05, 4.69) is 26.1 Å². The number of hydrogen-bond donors (Lipinski definition) is 0. The van der Waals surface area contributed by atoms with Crippen molar-refractivity contribution in [2.45, 2.75) is 13.5 Å². The van der Waals surface area contributed by atoms with Gasteiger partial charge in [-0.25, -0.2) is 0 Å². The van der Waals surface area contributed by atoms with Crippen molar-refractivity contribution < 1.29 is 4.79 Å². The molecule has 1 amide bonds. The molecule has 9 heteroatoms. The van der Waals surface area contributed by atoms with Crippen molar-refractivity contribution in [2.24, 2.45) is 5.11 Å². The van der Waals surface area contributed by atoms with Crippen molar-refractivity contribution in [1.29, 1.82) is 0 Å². The molecule has 148 valence electrons. The van der Waals surface area contributed by atoms with Crippen LogP contribution in [0.5, 0.6) is 0 Å². The molecule has 0 unspecified atom stereocenters. The van der Waals surface area contributed by atoms with E-state index in [1.807, 2.05) is 30.0 Å². The molecule has 1 aromatic heterocycles. The molecular weight excluding hydrogens is 390 g/mol. The van der Waals surface area contributed by atoms with Gasteiger partial charge in [0.05, 0.1) is 11.7 Å². The van der Waals surface area contributed by atoms with Gasteiger partial charge in [-0.2, -0.15) is 5.10 Å². The molecule has 0 aliphatic carbocycles. The van der Waals surface area contributed by atoms with E-state index in [-0.39, 0.29) is 12.5 Å². The monoisotopic (exact) mass is 409 g/mol. The molecular formula is C20H20ClN7O. The fourth-order valence-corrected chi connectivity index (χ4v) is 3.68. The number of aryl methyl sites for hydroxylation is 1. The van der Waals surface area contributed by atoms with Crippen LogP contribution in [0.1, 0.15) is 5.56 Å². The van der Waals surface area contributed by atoms with Gasteiger partial charge in [0.2, 0.25) is 5.91 Å². The number of fused-ring (bicyclic) bond motifs is 1. The molecule has 1 saturated heterocycles. The highest BCUT2D eigenvalue weighted by Crippen LogP contribution is 2.24. The topological polar surface area (TPSA) is 90.1 Å². The number of nitrogens with zero attached hydrogens (tertiary/aromatic N) is 7. The van der Waals surface area contributed by atoms with Gasteiger partial charge in [0.1, 0.15) is 6.54 Å². The summed E-state index contributed by atoms with van der Waals surface area (Å²) in [6.07, 6.45) is 1.71. The van der Waals surface area contributed by atoms with Gasteiger partial charge in [0, 0.05) is 52.9 Å². The smallest absolute Gasteiger partial charge is 0.244 e. The fourth-order valence-electron chi connectivity index (χ4n) is 3.57. The number of rotatable bonds is 4. The molecule has 3 aromatic rings. The quantitative estimate of drug-likeness (QED) is 0.365. The van der Waals surface area contributed by atoms with Gasteiger partial charge in [0.25, 0.3) is 0 Å². The predicted octanol–water partition coefficient (Wildman–Crippen LogP) is 4.29. The van der Waals surface area contributed by atoms with Crippen molar-refractivity contribution >= 4 is 39.8 Å². The van der Waals surface area contributed by atoms with Gasteiger partial charge in [-0.1, -0.05) is 28.8 Å². The summed E-state index contributed by atoms with van der Waals surface area (Å²) < 4.78 is 1.66. The summed E-state index contributed by atoms with van der Waals surface area (Å²) >= 11 is 6.12. The third-order valence-electron chi connectivity index (χ3n) is 5.21. The van der Waals surface area contributed by atoms with E-state index in [4.69, 9.17) is 17.1 Å². The Morgan fingerprint density at radius 1 is 1.21 bits per heavy atom.